The van der Waals surface area contributed by atoms with E-state index in [-0.39, 0.29) is 25.7 Å². The van der Waals surface area contributed by atoms with Crippen molar-refractivity contribution in [2.24, 2.45) is 0 Å². The Balaban J connectivity index is 2.62. The second-order valence-electron chi connectivity index (χ2n) is 12.9. The smallest absolute Gasteiger partial charge is 0.366 e. The molecule has 1 aliphatic rings. The molecule has 1 aromatic carbocycles. The maximum absolute atomic E-state index is 13.7. The van der Waals surface area contributed by atoms with Crippen LogP contribution in [0.1, 0.15) is 58.9 Å². The van der Waals surface area contributed by atoms with Crippen molar-refractivity contribution in [3.8, 4) is 12.3 Å². The molecule has 0 saturated carbocycles. The van der Waals surface area contributed by atoms with Crippen molar-refractivity contribution in [2.45, 2.75) is 102 Å². The number of benzene rings is 1. The SMILES string of the molecule is C#CCC(NC(=O)CCCO[C@]1(C(=O)OC)C[C@H](OC(C)=O)[C@@H](NC(=O)COC(C)=O)[C@H]([C@H](OC(C)=O)[C@@H](CNC(=O)Cc2ccc(Cl)cc2)OC(C)=O)O1)C(=O)OC. The monoisotopic (exact) mass is 853 g/mol. The van der Waals surface area contributed by atoms with Gasteiger partial charge < -0.3 is 53.8 Å². The van der Waals surface area contributed by atoms with Crippen LogP contribution in [0.5, 0.6) is 0 Å². The first-order valence-electron chi connectivity index (χ1n) is 18.0. The van der Waals surface area contributed by atoms with E-state index in [1.165, 1.54) is 0 Å². The lowest BCUT2D eigenvalue weighted by atomic mass is 9.87. The fourth-order valence-electron chi connectivity index (χ4n) is 5.79. The summed E-state index contributed by atoms with van der Waals surface area (Å²) >= 11 is 5.95. The number of terminal acetylenes is 1. The molecule has 2 rings (SSSR count). The van der Waals surface area contributed by atoms with Gasteiger partial charge in [-0.05, 0) is 24.1 Å². The second kappa shape index (κ2) is 24.2. The van der Waals surface area contributed by atoms with Gasteiger partial charge in [0.25, 0.3) is 11.7 Å². The quantitative estimate of drug-likeness (QED) is 0.0635. The van der Waals surface area contributed by atoms with Crippen molar-refractivity contribution in [1.29, 1.82) is 0 Å². The summed E-state index contributed by atoms with van der Waals surface area (Å²) in [6.07, 6.45) is -2.97. The Bertz CT molecular complexity index is 1730. The van der Waals surface area contributed by atoms with E-state index >= 15 is 0 Å². The molecule has 1 saturated heterocycles. The van der Waals surface area contributed by atoms with Crippen molar-refractivity contribution in [3.63, 3.8) is 0 Å². The minimum atomic E-state index is -2.54. The third-order valence-electron chi connectivity index (χ3n) is 8.21. The summed E-state index contributed by atoms with van der Waals surface area (Å²) in [5.74, 6) is -8.11. The number of halogens is 1. The maximum Gasteiger partial charge on any atom is 0.366 e. The van der Waals surface area contributed by atoms with Crippen molar-refractivity contribution in [3.05, 3.63) is 34.9 Å². The summed E-state index contributed by atoms with van der Waals surface area (Å²) in [6.45, 7) is 2.26. The van der Waals surface area contributed by atoms with E-state index in [0.717, 1.165) is 41.9 Å². The molecular formula is C38H48ClN3O17. The van der Waals surface area contributed by atoms with E-state index in [9.17, 15) is 43.2 Å². The van der Waals surface area contributed by atoms with Crippen LogP contribution < -0.4 is 16.0 Å². The molecule has 3 N–H and O–H groups in total. The molecule has 1 unspecified atom stereocenters. The topological polar surface area (TPSA) is 264 Å². The van der Waals surface area contributed by atoms with E-state index in [1.54, 1.807) is 24.3 Å². The van der Waals surface area contributed by atoms with Crippen LogP contribution in [0.25, 0.3) is 0 Å². The zero-order valence-electron chi connectivity index (χ0n) is 33.3. The average Bonchev–Trinajstić information content (AvgIpc) is 3.16. The highest BCUT2D eigenvalue weighted by Crippen LogP contribution is 2.37. The van der Waals surface area contributed by atoms with Crippen LogP contribution in [-0.2, 0) is 87.5 Å². The van der Waals surface area contributed by atoms with Crippen molar-refractivity contribution < 1.29 is 81.0 Å². The molecule has 21 heteroatoms. The molecule has 0 aromatic heterocycles. The Hall–Kier alpha value is -5.78. The van der Waals surface area contributed by atoms with Gasteiger partial charge >= 0.3 is 35.8 Å². The van der Waals surface area contributed by atoms with Crippen molar-refractivity contribution >= 4 is 65.1 Å². The summed E-state index contributed by atoms with van der Waals surface area (Å²) in [5.41, 5.74) is 0.566. The molecule has 0 spiro atoms. The molecule has 324 valence electrons. The Kier molecular flexibility index (Phi) is 20.3. The Morgan fingerprint density at radius 1 is 0.898 bits per heavy atom. The standard InChI is InChI=1S/C38H48ClN3O17/c1-8-10-27(36(50)52-6)41-30(47)11-9-16-55-38(37(51)53-7)18-28(56-22(3)44)33(42-32(49)20-54-21(2)43)35(59-38)34(58-24(5)46)29(57-23(4)45)19-40-31(48)17-25-12-14-26(39)15-13-25/h1,12-15,27-29,33-35H,9-11,16-20H2,2-7H3,(H,40,48)(H,41,47)(H,42,49)/t27?,28-,29+,33+,34+,35+,38+/m0/s1. The van der Waals surface area contributed by atoms with Crippen LogP contribution in [0.4, 0.5) is 0 Å². The molecule has 0 radical (unpaired) electrons. The summed E-state index contributed by atoms with van der Waals surface area (Å²) < 4.78 is 43.4. The summed E-state index contributed by atoms with van der Waals surface area (Å²) in [7, 11) is 2.10. The van der Waals surface area contributed by atoms with Crippen LogP contribution in [0.2, 0.25) is 5.02 Å². The first-order valence-corrected chi connectivity index (χ1v) is 18.4. The average molecular weight is 854 g/mol. The summed E-state index contributed by atoms with van der Waals surface area (Å²) in [6, 6.07) is 3.66. The molecular weight excluding hydrogens is 806 g/mol. The predicted molar refractivity (Wildman–Crippen MR) is 200 cm³/mol. The molecule has 1 heterocycles. The Morgan fingerprint density at radius 3 is 2.12 bits per heavy atom. The van der Waals surface area contributed by atoms with Crippen LogP contribution in [0.15, 0.2) is 24.3 Å². The van der Waals surface area contributed by atoms with Crippen LogP contribution in [-0.4, -0.2) is 130 Å². The predicted octanol–water partition coefficient (Wildman–Crippen LogP) is -0.0222. The van der Waals surface area contributed by atoms with E-state index in [0.29, 0.717) is 10.6 Å². The second-order valence-corrected chi connectivity index (χ2v) is 13.3. The van der Waals surface area contributed by atoms with E-state index in [2.05, 4.69) is 26.6 Å². The van der Waals surface area contributed by atoms with E-state index in [4.69, 9.17) is 51.2 Å². The normalized spacial score (nSPS) is 19.8. The van der Waals surface area contributed by atoms with Crippen molar-refractivity contribution in [1.82, 2.24) is 16.0 Å². The van der Waals surface area contributed by atoms with E-state index in [1.807, 2.05) is 0 Å². The number of amides is 3. The number of ether oxygens (including phenoxy) is 8. The molecule has 3 amide bonds. The molecule has 20 nitrogen and oxygen atoms in total. The molecule has 0 aliphatic carbocycles. The van der Waals surface area contributed by atoms with Gasteiger partial charge in [-0.25, -0.2) is 9.59 Å². The lowest BCUT2D eigenvalue weighted by Gasteiger charge is -2.48. The highest BCUT2D eigenvalue weighted by molar-refractivity contribution is 6.30. The van der Waals surface area contributed by atoms with Crippen LogP contribution in [0.3, 0.4) is 0 Å². The third kappa shape index (κ3) is 16.5. The first kappa shape index (κ1) is 49.4. The van der Waals surface area contributed by atoms with Gasteiger partial charge in [0.1, 0.15) is 18.2 Å². The van der Waals surface area contributed by atoms with E-state index < -0.39 is 122 Å². The van der Waals surface area contributed by atoms with Crippen molar-refractivity contribution in [2.75, 3.05) is 34.0 Å². The van der Waals surface area contributed by atoms with Gasteiger partial charge in [-0.15, -0.1) is 12.3 Å². The maximum atomic E-state index is 13.7. The number of hydrogen-bond donors (Lipinski definition) is 3. The summed E-state index contributed by atoms with van der Waals surface area (Å²) in [4.78, 5) is 114. The zero-order valence-corrected chi connectivity index (χ0v) is 34.1. The molecule has 1 fully saturated rings. The first-order chi connectivity index (χ1) is 27.8. The third-order valence-corrected chi connectivity index (χ3v) is 8.47. The van der Waals surface area contributed by atoms with Gasteiger partial charge in [-0.3, -0.25) is 33.6 Å². The fraction of sp³-hybridized carbons (Fsp3) is 0.553. The van der Waals surface area contributed by atoms with Gasteiger partial charge in [0.15, 0.2) is 18.8 Å². The van der Waals surface area contributed by atoms with Gasteiger partial charge in [-0.2, -0.15) is 0 Å². The lowest BCUT2D eigenvalue weighted by Crippen LogP contribution is -2.70. The highest BCUT2D eigenvalue weighted by atomic mass is 35.5. The number of rotatable bonds is 21. The lowest BCUT2D eigenvalue weighted by molar-refractivity contribution is -0.313. The fourth-order valence-corrected chi connectivity index (χ4v) is 5.92. The number of methoxy groups -OCH3 is 2. The molecule has 1 aromatic rings. The molecule has 59 heavy (non-hydrogen) atoms. The minimum Gasteiger partial charge on any atom is -0.467 e. The molecule has 0 bridgehead atoms. The number of nitrogens with one attached hydrogen (secondary N) is 3. The van der Waals surface area contributed by atoms with Gasteiger partial charge in [0.05, 0.1) is 46.3 Å². The van der Waals surface area contributed by atoms with Crippen LogP contribution >= 0.6 is 11.6 Å². The Morgan fingerprint density at radius 2 is 1.56 bits per heavy atom. The molecule has 7 atom stereocenters. The number of carbonyl (C=O) groups excluding carboxylic acids is 9. The largest absolute Gasteiger partial charge is 0.467 e. The minimum absolute atomic E-state index is 0.119. The number of carbonyl (C=O) groups is 9. The van der Waals surface area contributed by atoms with Gasteiger partial charge in [0.2, 0.25) is 11.8 Å². The van der Waals surface area contributed by atoms with Crippen LogP contribution in [0, 0.1) is 12.3 Å². The number of esters is 6. The molecule has 1 aliphatic heterocycles. The summed E-state index contributed by atoms with van der Waals surface area (Å²) in [5, 5.41) is 7.96. The highest BCUT2D eigenvalue weighted by Gasteiger charge is 2.59. The Labute approximate surface area is 344 Å². The van der Waals surface area contributed by atoms with Gasteiger partial charge in [0, 0.05) is 45.6 Å². The number of hydrogen-bond acceptors (Lipinski definition) is 17. The zero-order chi connectivity index (χ0) is 44.3. The van der Waals surface area contributed by atoms with Gasteiger partial charge in [-0.1, -0.05) is 23.7 Å².